The molecule has 0 bridgehead atoms. The Balaban J connectivity index is 1.32. The van der Waals surface area contributed by atoms with Crippen molar-refractivity contribution in [2.75, 3.05) is 18.4 Å². The van der Waals surface area contributed by atoms with E-state index in [4.69, 9.17) is 9.51 Å². The first-order chi connectivity index (χ1) is 13.7. The fourth-order valence-corrected chi connectivity index (χ4v) is 4.30. The van der Waals surface area contributed by atoms with Crippen LogP contribution in [0.3, 0.4) is 0 Å². The van der Waals surface area contributed by atoms with E-state index < -0.39 is 0 Å². The zero-order valence-electron chi connectivity index (χ0n) is 16.5. The van der Waals surface area contributed by atoms with E-state index in [0.717, 1.165) is 31.6 Å². The molecule has 1 aliphatic carbocycles. The molecule has 1 aliphatic heterocycles. The van der Waals surface area contributed by atoms with Crippen molar-refractivity contribution >= 4 is 12.0 Å². The predicted molar refractivity (Wildman–Crippen MR) is 103 cm³/mol. The van der Waals surface area contributed by atoms with E-state index in [1.807, 2.05) is 4.90 Å². The number of carbonyl (C=O) groups excluding carboxylic acids is 1. The maximum absolute atomic E-state index is 12.5. The number of anilines is 1. The molecular formula is C19H29N7O2. The molecule has 9 heteroatoms. The summed E-state index contributed by atoms with van der Waals surface area (Å²) in [6.07, 6.45) is 11.7. The number of hydrogen-bond donors (Lipinski definition) is 1. The molecule has 2 aromatic heterocycles. The van der Waals surface area contributed by atoms with E-state index in [9.17, 15) is 4.79 Å². The monoisotopic (exact) mass is 387 g/mol. The van der Waals surface area contributed by atoms with Crippen LogP contribution in [0.25, 0.3) is 0 Å². The molecule has 9 nitrogen and oxygen atoms in total. The van der Waals surface area contributed by atoms with Crippen molar-refractivity contribution in [3.63, 3.8) is 0 Å². The van der Waals surface area contributed by atoms with Crippen LogP contribution in [0.5, 0.6) is 0 Å². The molecule has 4 rings (SSSR count). The third-order valence-corrected chi connectivity index (χ3v) is 5.90. The molecule has 28 heavy (non-hydrogen) atoms. The van der Waals surface area contributed by atoms with Crippen LogP contribution in [0.4, 0.5) is 10.7 Å². The lowest BCUT2D eigenvalue weighted by Crippen LogP contribution is -2.43. The van der Waals surface area contributed by atoms with Gasteiger partial charge in [-0.25, -0.2) is 9.48 Å². The average molecular weight is 387 g/mol. The topological polar surface area (TPSA) is 102 Å². The largest absolute Gasteiger partial charge is 0.339 e. The van der Waals surface area contributed by atoms with Crippen molar-refractivity contribution in [3.8, 4) is 0 Å². The van der Waals surface area contributed by atoms with Crippen LogP contribution in [0, 0.1) is 5.92 Å². The second-order valence-electron chi connectivity index (χ2n) is 8.03. The molecule has 0 spiro atoms. The lowest BCUT2D eigenvalue weighted by Gasteiger charge is -2.32. The maximum atomic E-state index is 12.5. The number of nitrogens with one attached hydrogen (secondary N) is 1. The number of amides is 2. The Bertz CT molecular complexity index is 779. The van der Waals surface area contributed by atoms with Gasteiger partial charge in [0.15, 0.2) is 5.82 Å². The van der Waals surface area contributed by atoms with Crippen molar-refractivity contribution in [2.45, 2.75) is 63.7 Å². The number of piperidine rings is 1. The van der Waals surface area contributed by atoms with Gasteiger partial charge >= 0.3 is 6.03 Å². The molecule has 2 fully saturated rings. The van der Waals surface area contributed by atoms with Crippen LogP contribution in [0.2, 0.25) is 0 Å². The van der Waals surface area contributed by atoms with Crippen molar-refractivity contribution in [1.29, 1.82) is 0 Å². The first kappa shape index (κ1) is 18.9. The number of likely N-dealkylation sites (tertiary alicyclic amines) is 1. The molecule has 2 aromatic rings. The van der Waals surface area contributed by atoms with Crippen LogP contribution in [-0.4, -0.2) is 48.9 Å². The summed E-state index contributed by atoms with van der Waals surface area (Å²) in [5.41, 5.74) is 0. The molecule has 1 saturated heterocycles. The standard InChI is InChI=1S/C19H29N7O2/c1-25-18(20-13-21-25)23-19(27)26-10-6-7-14(12-26)11-16-22-17(24-28-16)15-8-4-2-3-5-9-15/h13-15H,2-12H2,1H3,(H,20,21,23,27). The second-order valence-corrected chi connectivity index (χ2v) is 8.03. The van der Waals surface area contributed by atoms with Crippen LogP contribution >= 0.6 is 0 Å². The van der Waals surface area contributed by atoms with Gasteiger partial charge in [-0.15, -0.1) is 0 Å². The summed E-state index contributed by atoms with van der Waals surface area (Å²) in [5, 5.41) is 11.1. The summed E-state index contributed by atoms with van der Waals surface area (Å²) in [6, 6.07) is -0.134. The third-order valence-electron chi connectivity index (χ3n) is 5.90. The molecule has 1 saturated carbocycles. The van der Waals surface area contributed by atoms with Crippen molar-refractivity contribution in [1.82, 2.24) is 29.8 Å². The fourth-order valence-electron chi connectivity index (χ4n) is 4.30. The summed E-state index contributed by atoms with van der Waals surface area (Å²) in [5.74, 6) is 2.82. The molecule has 1 N–H and O–H groups in total. The van der Waals surface area contributed by atoms with Gasteiger partial charge in [0.05, 0.1) is 0 Å². The molecule has 2 amide bonds. The van der Waals surface area contributed by atoms with E-state index >= 15 is 0 Å². The third kappa shape index (κ3) is 4.51. The van der Waals surface area contributed by atoms with E-state index in [1.165, 1.54) is 44.9 Å². The molecule has 0 aromatic carbocycles. The summed E-state index contributed by atoms with van der Waals surface area (Å²) in [7, 11) is 1.75. The molecule has 3 heterocycles. The first-order valence-corrected chi connectivity index (χ1v) is 10.4. The first-order valence-electron chi connectivity index (χ1n) is 10.4. The number of aromatic nitrogens is 5. The molecule has 2 aliphatic rings. The molecule has 1 unspecified atom stereocenters. The summed E-state index contributed by atoms with van der Waals surface area (Å²) < 4.78 is 7.10. The van der Waals surface area contributed by atoms with Crippen molar-refractivity contribution in [3.05, 3.63) is 18.0 Å². The number of carbonyl (C=O) groups is 1. The summed E-state index contributed by atoms with van der Waals surface area (Å²) >= 11 is 0. The number of rotatable bonds is 4. The minimum absolute atomic E-state index is 0.134. The van der Waals surface area contributed by atoms with Gasteiger partial charge in [-0.05, 0) is 31.6 Å². The Morgan fingerprint density at radius 3 is 2.79 bits per heavy atom. The lowest BCUT2D eigenvalue weighted by molar-refractivity contribution is 0.172. The van der Waals surface area contributed by atoms with Crippen LogP contribution in [0.15, 0.2) is 10.9 Å². The molecule has 0 radical (unpaired) electrons. The number of nitrogens with zero attached hydrogens (tertiary/aromatic N) is 6. The van der Waals surface area contributed by atoms with Crippen LogP contribution in [-0.2, 0) is 13.5 Å². The van der Waals surface area contributed by atoms with Crippen molar-refractivity contribution in [2.24, 2.45) is 13.0 Å². The molecule has 1 atom stereocenters. The highest BCUT2D eigenvalue weighted by molar-refractivity contribution is 5.87. The van der Waals surface area contributed by atoms with Gasteiger partial charge in [0.1, 0.15) is 6.33 Å². The van der Waals surface area contributed by atoms with E-state index in [-0.39, 0.29) is 6.03 Å². The van der Waals surface area contributed by atoms with E-state index in [1.54, 1.807) is 11.7 Å². The Kier molecular flexibility index (Phi) is 5.87. The maximum Gasteiger partial charge on any atom is 0.324 e. The highest BCUT2D eigenvalue weighted by Crippen LogP contribution is 2.30. The van der Waals surface area contributed by atoms with Gasteiger partial charge in [-0.1, -0.05) is 30.8 Å². The Morgan fingerprint density at radius 1 is 1.21 bits per heavy atom. The van der Waals surface area contributed by atoms with Gasteiger partial charge in [-0.3, -0.25) is 5.32 Å². The predicted octanol–water partition coefficient (Wildman–Crippen LogP) is 3.12. The number of aryl methyl sites for hydroxylation is 1. The smallest absolute Gasteiger partial charge is 0.324 e. The van der Waals surface area contributed by atoms with Crippen LogP contribution in [0.1, 0.15) is 69.0 Å². The molecule has 152 valence electrons. The zero-order valence-corrected chi connectivity index (χ0v) is 16.5. The Morgan fingerprint density at radius 2 is 2.04 bits per heavy atom. The van der Waals surface area contributed by atoms with Gasteiger partial charge in [0, 0.05) is 32.5 Å². The van der Waals surface area contributed by atoms with Gasteiger partial charge in [-0.2, -0.15) is 15.1 Å². The van der Waals surface area contributed by atoms with Crippen LogP contribution < -0.4 is 5.32 Å². The van der Waals surface area contributed by atoms with Gasteiger partial charge < -0.3 is 9.42 Å². The minimum Gasteiger partial charge on any atom is -0.339 e. The van der Waals surface area contributed by atoms with Gasteiger partial charge in [0.25, 0.3) is 0 Å². The van der Waals surface area contributed by atoms with E-state index in [0.29, 0.717) is 30.2 Å². The van der Waals surface area contributed by atoms with E-state index in [2.05, 4.69) is 20.6 Å². The SMILES string of the molecule is Cn1ncnc1NC(=O)N1CCCC(Cc2nc(C3CCCCCC3)no2)C1. The lowest BCUT2D eigenvalue weighted by atomic mass is 9.95. The minimum atomic E-state index is -0.134. The normalized spacial score (nSPS) is 21.5. The summed E-state index contributed by atoms with van der Waals surface area (Å²) in [6.45, 7) is 1.43. The summed E-state index contributed by atoms with van der Waals surface area (Å²) in [4.78, 5) is 23.1. The zero-order chi connectivity index (χ0) is 19.3. The fraction of sp³-hybridized carbons (Fsp3) is 0.737. The van der Waals surface area contributed by atoms with Gasteiger partial charge in [0.2, 0.25) is 11.8 Å². The number of hydrogen-bond acceptors (Lipinski definition) is 6. The Labute approximate surface area is 164 Å². The number of urea groups is 1. The van der Waals surface area contributed by atoms with Crippen molar-refractivity contribution < 1.29 is 9.32 Å². The highest BCUT2D eigenvalue weighted by atomic mass is 16.5. The second kappa shape index (κ2) is 8.70. The average Bonchev–Trinajstić information content (AvgIpc) is 3.22. The Hall–Kier alpha value is -2.45. The quantitative estimate of drug-likeness (QED) is 0.809. The molecular weight excluding hydrogens is 358 g/mol. The highest BCUT2D eigenvalue weighted by Gasteiger charge is 2.27.